The number of rotatable bonds is 5. The van der Waals surface area contributed by atoms with Crippen molar-refractivity contribution in [1.82, 2.24) is 4.98 Å². The van der Waals surface area contributed by atoms with E-state index in [1.54, 1.807) is 19.1 Å². The summed E-state index contributed by atoms with van der Waals surface area (Å²) in [5.41, 5.74) is 1.77. The number of carboxylic acid groups (broad SMARTS) is 1. The molecule has 0 spiro atoms. The average molecular weight is 423 g/mol. The normalized spacial score (nSPS) is 9.35. The van der Waals surface area contributed by atoms with Crippen LogP contribution >= 0.6 is 0 Å². The van der Waals surface area contributed by atoms with Crippen LogP contribution in [0.4, 0.5) is 0 Å². The fourth-order valence-electron chi connectivity index (χ4n) is 1.85. The molecule has 0 saturated heterocycles. The fraction of sp³-hybridized carbons (Fsp3) is 0.450. The molecule has 0 bridgehead atoms. The Labute approximate surface area is 162 Å². The van der Waals surface area contributed by atoms with Crippen LogP contribution in [0.1, 0.15) is 62.0 Å². The number of aromatic carboxylic acids is 1. The van der Waals surface area contributed by atoms with Gasteiger partial charge in [-0.25, -0.2) is 0 Å². The molecule has 0 aliphatic heterocycles. The molecule has 2 aromatic rings. The molecule has 1 aromatic carbocycles. The van der Waals surface area contributed by atoms with E-state index in [-0.39, 0.29) is 14.5 Å². The van der Waals surface area contributed by atoms with Crippen LogP contribution in [0.15, 0.2) is 18.2 Å². The Morgan fingerprint density at radius 1 is 1.31 bits per heavy atom. The molecule has 0 aliphatic carbocycles. The molecule has 142 valence electrons. The molecule has 5 nitrogen and oxygen atoms in total. The van der Waals surface area contributed by atoms with Crippen molar-refractivity contribution in [3.8, 4) is 22.0 Å². The van der Waals surface area contributed by atoms with Gasteiger partial charge in [-0.2, -0.15) is 0 Å². The molecular weight excluding hydrogens is 395 g/mol. The summed E-state index contributed by atoms with van der Waals surface area (Å²) in [6.45, 7) is 14.3. The van der Waals surface area contributed by atoms with Crippen molar-refractivity contribution in [3.63, 3.8) is 0 Å². The van der Waals surface area contributed by atoms with Gasteiger partial charge in [-0.1, -0.05) is 27.7 Å². The van der Waals surface area contributed by atoms with Gasteiger partial charge in [0, 0.05) is 0 Å². The fourth-order valence-corrected chi connectivity index (χ4v) is 3.74. The molecule has 1 N–H and O–H groups in total. The van der Waals surface area contributed by atoms with Crippen molar-refractivity contribution in [1.29, 1.82) is 5.26 Å². The first kappa shape index (κ1) is 23.9. The van der Waals surface area contributed by atoms with E-state index in [0.29, 0.717) is 34.0 Å². The maximum absolute atomic E-state index is 11.1. The van der Waals surface area contributed by atoms with Crippen LogP contribution < -0.4 is 4.74 Å². The van der Waals surface area contributed by atoms with E-state index in [9.17, 15) is 10.1 Å². The van der Waals surface area contributed by atoms with Crippen molar-refractivity contribution in [2.75, 3.05) is 6.61 Å². The summed E-state index contributed by atoms with van der Waals surface area (Å²) in [7, 11) is 0. The predicted molar refractivity (Wildman–Crippen MR) is 106 cm³/mol. The number of aryl methyl sites for hydroxylation is 1. The molecule has 0 fully saturated rings. The van der Waals surface area contributed by atoms with E-state index in [2.05, 4.69) is 11.1 Å². The standard InChI is InChI=1S/C16H16N2O3Se.2C2H6/c1-9(2)8-21-13-5-4-11(6-12(13)7-17)15-18-10(3)14(22-15)16(19)20;2*1-2/h4-6,9H,8H2,1-3H3,(H,19,20);2*1-2H3. The van der Waals surface area contributed by atoms with Gasteiger partial charge in [0.1, 0.15) is 0 Å². The summed E-state index contributed by atoms with van der Waals surface area (Å²) >= 11 is -0.344. The van der Waals surface area contributed by atoms with Gasteiger partial charge in [-0.3, -0.25) is 0 Å². The monoisotopic (exact) mass is 424 g/mol. The van der Waals surface area contributed by atoms with Gasteiger partial charge >= 0.3 is 134 Å². The van der Waals surface area contributed by atoms with Crippen molar-refractivity contribution in [2.45, 2.75) is 48.5 Å². The number of benzene rings is 1. The Morgan fingerprint density at radius 3 is 2.38 bits per heavy atom. The topological polar surface area (TPSA) is 83.2 Å². The van der Waals surface area contributed by atoms with Crippen LogP contribution in [0.3, 0.4) is 0 Å². The number of hydrogen-bond acceptors (Lipinski definition) is 4. The zero-order chi connectivity index (χ0) is 20.3. The Morgan fingerprint density at radius 2 is 1.92 bits per heavy atom. The van der Waals surface area contributed by atoms with E-state index in [4.69, 9.17) is 9.84 Å². The predicted octanol–water partition coefficient (Wildman–Crippen LogP) is 4.77. The number of hydrogen-bond donors (Lipinski definition) is 1. The molecule has 0 saturated carbocycles. The molecule has 0 unspecified atom stereocenters. The number of nitrogens with zero attached hydrogens (tertiary/aromatic N) is 2. The molecule has 2 rings (SSSR count). The second-order valence-electron chi connectivity index (χ2n) is 5.27. The van der Waals surface area contributed by atoms with Gasteiger partial charge < -0.3 is 0 Å². The quantitative estimate of drug-likeness (QED) is 0.701. The Balaban J connectivity index is 0.00000146. The summed E-state index contributed by atoms with van der Waals surface area (Å²) in [5, 5.41) is 18.4. The van der Waals surface area contributed by atoms with Crippen molar-refractivity contribution in [3.05, 3.63) is 33.9 Å². The SMILES string of the molecule is CC.CC.Cc1nc(-c2ccc(OCC(C)C)c(C#N)c2)[se]c1C(=O)O. The minimum absolute atomic E-state index is 0.344. The summed E-state index contributed by atoms with van der Waals surface area (Å²) in [5.74, 6) is 0.00145. The van der Waals surface area contributed by atoms with Crippen molar-refractivity contribution < 1.29 is 14.6 Å². The molecular formula is C20H28N2O3Se. The summed E-state index contributed by atoms with van der Waals surface area (Å²) in [6.07, 6.45) is 0. The van der Waals surface area contributed by atoms with Gasteiger partial charge in [0.15, 0.2) is 0 Å². The van der Waals surface area contributed by atoms with Gasteiger partial charge in [0.25, 0.3) is 0 Å². The number of aromatic nitrogens is 1. The van der Waals surface area contributed by atoms with Crippen molar-refractivity contribution in [2.24, 2.45) is 5.92 Å². The first-order chi connectivity index (χ1) is 12.4. The van der Waals surface area contributed by atoms with Crippen LogP contribution in [0, 0.1) is 24.2 Å². The van der Waals surface area contributed by atoms with Crippen LogP contribution in [-0.2, 0) is 0 Å². The average Bonchev–Trinajstić information content (AvgIpc) is 3.05. The number of nitriles is 1. The second-order valence-corrected chi connectivity index (χ2v) is 7.36. The minimum atomic E-state index is -0.923. The Bertz CT molecular complexity index is 746. The van der Waals surface area contributed by atoms with Crippen molar-refractivity contribution >= 4 is 20.5 Å². The summed E-state index contributed by atoms with van der Waals surface area (Å²) < 4.78 is 6.72. The number of ether oxygens (including phenoxy) is 1. The Hall–Kier alpha value is -2.09. The summed E-state index contributed by atoms with van der Waals surface area (Å²) in [6, 6.07) is 7.42. The molecule has 0 amide bonds. The number of carbonyl (C=O) groups is 1. The van der Waals surface area contributed by atoms with Crippen LogP contribution in [0.5, 0.6) is 5.75 Å². The molecule has 0 atom stereocenters. The molecule has 26 heavy (non-hydrogen) atoms. The number of carboxylic acids is 1. The van der Waals surface area contributed by atoms with Crippen LogP contribution in [-0.4, -0.2) is 37.2 Å². The third-order valence-corrected chi connectivity index (χ3v) is 5.42. The van der Waals surface area contributed by atoms with E-state index in [1.165, 1.54) is 0 Å². The molecule has 0 radical (unpaired) electrons. The third kappa shape index (κ3) is 6.67. The van der Waals surface area contributed by atoms with Gasteiger partial charge in [-0.15, -0.1) is 0 Å². The van der Waals surface area contributed by atoms with E-state index in [1.807, 2.05) is 47.6 Å². The van der Waals surface area contributed by atoms with Gasteiger partial charge in [-0.05, 0) is 0 Å². The third-order valence-electron chi connectivity index (χ3n) is 2.91. The molecule has 0 aliphatic rings. The molecule has 6 heteroatoms. The van der Waals surface area contributed by atoms with E-state index < -0.39 is 5.97 Å². The molecule has 1 aromatic heterocycles. The first-order valence-electron chi connectivity index (χ1n) is 8.80. The van der Waals surface area contributed by atoms with Crippen LogP contribution in [0.25, 0.3) is 10.1 Å². The molecule has 1 heterocycles. The van der Waals surface area contributed by atoms with E-state index >= 15 is 0 Å². The first-order valence-corrected chi connectivity index (χ1v) is 10.5. The van der Waals surface area contributed by atoms with Gasteiger partial charge in [0.05, 0.1) is 0 Å². The zero-order valence-corrected chi connectivity index (χ0v) is 18.3. The summed E-state index contributed by atoms with van der Waals surface area (Å²) in [4.78, 5) is 15.5. The van der Waals surface area contributed by atoms with Crippen LogP contribution in [0.2, 0.25) is 0 Å². The maximum atomic E-state index is 11.1. The van der Waals surface area contributed by atoms with E-state index in [0.717, 1.165) is 10.1 Å². The van der Waals surface area contributed by atoms with Gasteiger partial charge in [0.2, 0.25) is 0 Å². The Kier molecular flexibility index (Phi) is 11.3. The second kappa shape index (κ2) is 12.3. The zero-order valence-electron chi connectivity index (χ0n) is 16.6.